The molecule has 5 nitrogen and oxygen atoms in total. The number of ether oxygens (including phenoxy) is 2. The van der Waals surface area contributed by atoms with Crippen molar-refractivity contribution in [3.63, 3.8) is 0 Å². The lowest BCUT2D eigenvalue weighted by molar-refractivity contribution is -0.0872. The average Bonchev–Trinajstić information content (AvgIpc) is 2.92. The van der Waals surface area contributed by atoms with E-state index in [0.29, 0.717) is 18.0 Å². The molecule has 2 aliphatic rings. The predicted molar refractivity (Wildman–Crippen MR) is 78.5 cm³/mol. The Bertz CT molecular complexity index is 575. The number of nitrogens with zero attached hydrogens (tertiary/aromatic N) is 1. The van der Waals surface area contributed by atoms with Crippen molar-refractivity contribution >= 4 is 10.0 Å². The highest BCUT2D eigenvalue weighted by Gasteiger charge is 2.45. The molecule has 1 aromatic rings. The molecule has 0 N–H and O–H groups in total. The van der Waals surface area contributed by atoms with Crippen LogP contribution in [-0.2, 0) is 19.5 Å². The van der Waals surface area contributed by atoms with Crippen molar-refractivity contribution in [2.75, 3.05) is 20.3 Å². The molecule has 0 radical (unpaired) electrons. The van der Waals surface area contributed by atoms with Gasteiger partial charge in [0.15, 0.2) is 0 Å². The van der Waals surface area contributed by atoms with Crippen LogP contribution in [0.1, 0.15) is 19.3 Å². The first-order valence-corrected chi connectivity index (χ1v) is 8.78. The Hall–Kier alpha value is -0.950. The van der Waals surface area contributed by atoms with E-state index < -0.39 is 10.0 Å². The van der Waals surface area contributed by atoms with Crippen LogP contribution in [0.5, 0.6) is 0 Å². The van der Waals surface area contributed by atoms with Gasteiger partial charge in [-0.2, -0.15) is 4.31 Å². The molecule has 2 saturated heterocycles. The topological polar surface area (TPSA) is 55.8 Å². The van der Waals surface area contributed by atoms with Crippen LogP contribution in [0.3, 0.4) is 0 Å². The number of fused-ring (bicyclic) bond motifs is 1. The average molecular weight is 311 g/mol. The highest BCUT2D eigenvalue weighted by Crippen LogP contribution is 2.35. The van der Waals surface area contributed by atoms with Gasteiger partial charge in [-0.05, 0) is 31.4 Å². The largest absolute Gasteiger partial charge is 0.382 e. The van der Waals surface area contributed by atoms with Crippen molar-refractivity contribution in [3.8, 4) is 0 Å². The van der Waals surface area contributed by atoms with Gasteiger partial charge in [0.05, 0.1) is 29.8 Å². The molecular weight excluding hydrogens is 290 g/mol. The molecule has 2 aliphatic heterocycles. The fraction of sp³-hybridized carbons (Fsp3) is 0.600. The van der Waals surface area contributed by atoms with E-state index in [1.165, 1.54) is 0 Å². The Morgan fingerprint density at radius 2 is 2.00 bits per heavy atom. The predicted octanol–water partition coefficient (Wildman–Crippen LogP) is 1.64. The molecule has 6 heteroatoms. The highest BCUT2D eigenvalue weighted by molar-refractivity contribution is 7.89. The van der Waals surface area contributed by atoms with Crippen molar-refractivity contribution in [2.45, 2.75) is 42.4 Å². The van der Waals surface area contributed by atoms with Gasteiger partial charge in [0.2, 0.25) is 10.0 Å². The van der Waals surface area contributed by atoms with Crippen LogP contribution in [0.15, 0.2) is 35.2 Å². The van der Waals surface area contributed by atoms with E-state index in [1.54, 1.807) is 35.7 Å². The fourth-order valence-electron chi connectivity index (χ4n) is 3.29. The third-order valence-corrected chi connectivity index (χ3v) is 6.23. The van der Waals surface area contributed by atoms with Crippen LogP contribution in [-0.4, -0.2) is 51.2 Å². The lowest BCUT2D eigenvalue weighted by atomic mass is 10.0. The molecule has 2 fully saturated rings. The number of methoxy groups -OCH3 is 1. The lowest BCUT2D eigenvalue weighted by Crippen LogP contribution is -2.45. The van der Waals surface area contributed by atoms with Gasteiger partial charge in [-0.1, -0.05) is 18.2 Å². The van der Waals surface area contributed by atoms with E-state index in [1.807, 2.05) is 6.07 Å². The summed E-state index contributed by atoms with van der Waals surface area (Å²) in [6, 6.07) is 8.60. The van der Waals surface area contributed by atoms with E-state index >= 15 is 0 Å². The van der Waals surface area contributed by atoms with Crippen LogP contribution >= 0.6 is 0 Å². The summed E-state index contributed by atoms with van der Waals surface area (Å²) in [5.74, 6) is 0. The Morgan fingerprint density at radius 3 is 2.71 bits per heavy atom. The minimum atomic E-state index is -3.42. The van der Waals surface area contributed by atoms with Gasteiger partial charge in [0.25, 0.3) is 0 Å². The highest BCUT2D eigenvalue weighted by atomic mass is 32.2. The second-order valence-corrected chi connectivity index (χ2v) is 7.50. The molecule has 0 saturated carbocycles. The minimum Gasteiger partial charge on any atom is -0.382 e. The molecule has 2 heterocycles. The van der Waals surface area contributed by atoms with Crippen LogP contribution < -0.4 is 0 Å². The molecule has 1 aromatic carbocycles. The monoisotopic (exact) mass is 311 g/mol. The number of benzene rings is 1. The summed E-state index contributed by atoms with van der Waals surface area (Å²) in [7, 11) is -1.75. The Morgan fingerprint density at radius 1 is 1.24 bits per heavy atom. The van der Waals surface area contributed by atoms with Gasteiger partial charge in [-0.25, -0.2) is 8.42 Å². The molecule has 21 heavy (non-hydrogen) atoms. The molecule has 0 aliphatic carbocycles. The molecule has 0 amide bonds. The first-order valence-electron chi connectivity index (χ1n) is 7.34. The maximum Gasteiger partial charge on any atom is 0.243 e. The van der Waals surface area contributed by atoms with Crippen molar-refractivity contribution < 1.29 is 17.9 Å². The van der Waals surface area contributed by atoms with Crippen LogP contribution in [0, 0.1) is 0 Å². The number of hydrogen-bond acceptors (Lipinski definition) is 4. The van der Waals surface area contributed by atoms with Crippen molar-refractivity contribution in [1.82, 2.24) is 4.31 Å². The lowest BCUT2D eigenvalue weighted by Gasteiger charge is -2.35. The molecule has 0 aromatic heterocycles. The number of hydrogen-bond donors (Lipinski definition) is 0. The van der Waals surface area contributed by atoms with Crippen LogP contribution in [0.4, 0.5) is 0 Å². The summed E-state index contributed by atoms with van der Waals surface area (Å²) in [5.41, 5.74) is 0. The molecule has 0 bridgehead atoms. The molecule has 116 valence electrons. The van der Waals surface area contributed by atoms with Gasteiger partial charge in [-0.15, -0.1) is 0 Å². The third kappa shape index (κ3) is 2.85. The van der Waals surface area contributed by atoms with Crippen LogP contribution in [0.25, 0.3) is 0 Å². The first kappa shape index (κ1) is 15.0. The van der Waals surface area contributed by atoms with Crippen molar-refractivity contribution in [1.29, 1.82) is 0 Å². The van der Waals surface area contributed by atoms with E-state index in [2.05, 4.69) is 0 Å². The first-order chi connectivity index (χ1) is 10.1. The van der Waals surface area contributed by atoms with E-state index in [9.17, 15) is 8.42 Å². The SMILES string of the molecule is COC[C@@H]1CC[C@@H]2[C@@H](CCN2S(=O)(=O)c2ccccc2)O1. The maximum atomic E-state index is 12.7. The van der Waals surface area contributed by atoms with Crippen molar-refractivity contribution in [3.05, 3.63) is 30.3 Å². The molecule has 3 rings (SSSR count). The second-order valence-electron chi connectivity index (χ2n) is 5.61. The van der Waals surface area contributed by atoms with Gasteiger partial charge in [0, 0.05) is 13.7 Å². The fourth-order valence-corrected chi connectivity index (χ4v) is 5.01. The van der Waals surface area contributed by atoms with Gasteiger partial charge >= 0.3 is 0 Å². The Kier molecular flexibility index (Phi) is 4.31. The zero-order chi connectivity index (χ0) is 14.9. The summed E-state index contributed by atoms with van der Waals surface area (Å²) in [4.78, 5) is 0.365. The summed E-state index contributed by atoms with van der Waals surface area (Å²) >= 11 is 0. The van der Waals surface area contributed by atoms with E-state index in [4.69, 9.17) is 9.47 Å². The molecule has 0 spiro atoms. The smallest absolute Gasteiger partial charge is 0.243 e. The zero-order valence-corrected chi connectivity index (χ0v) is 13.0. The summed E-state index contributed by atoms with van der Waals surface area (Å²) < 4.78 is 38.2. The minimum absolute atomic E-state index is 0.00242. The number of rotatable bonds is 4. The van der Waals surface area contributed by atoms with Gasteiger partial charge in [-0.3, -0.25) is 0 Å². The Balaban J connectivity index is 1.77. The van der Waals surface area contributed by atoms with E-state index in [-0.39, 0.29) is 18.2 Å². The Labute approximate surface area is 125 Å². The van der Waals surface area contributed by atoms with E-state index in [0.717, 1.165) is 19.3 Å². The number of sulfonamides is 1. The zero-order valence-electron chi connectivity index (χ0n) is 12.1. The van der Waals surface area contributed by atoms with Gasteiger partial charge < -0.3 is 9.47 Å². The second kappa shape index (κ2) is 6.04. The molecule has 0 unspecified atom stereocenters. The standard InChI is InChI=1S/C15H21NO4S/c1-19-11-12-7-8-14-15(20-12)9-10-16(14)21(17,18)13-5-3-2-4-6-13/h2-6,12,14-15H,7-11H2,1H3/t12-,14+,15+/m0/s1. The normalized spacial score (nSPS) is 30.2. The summed E-state index contributed by atoms with van der Waals surface area (Å²) in [6.07, 6.45) is 2.53. The summed E-state index contributed by atoms with van der Waals surface area (Å²) in [5, 5.41) is 0. The molecular formula is C15H21NO4S. The third-order valence-electron chi connectivity index (χ3n) is 4.29. The molecule has 3 atom stereocenters. The van der Waals surface area contributed by atoms with Crippen LogP contribution in [0.2, 0.25) is 0 Å². The maximum absolute atomic E-state index is 12.7. The van der Waals surface area contributed by atoms with Crippen molar-refractivity contribution in [2.24, 2.45) is 0 Å². The quantitative estimate of drug-likeness (QED) is 0.848. The van der Waals surface area contributed by atoms with Gasteiger partial charge in [0.1, 0.15) is 0 Å². The summed E-state index contributed by atoms with van der Waals surface area (Å²) in [6.45, 7) is 1.11.